The number of aromatic nitrogens is 1. The molecule has 0 unspecified atom stereocenters. The van der Waals surface area contributed by atoms with Gasteiger partial charge in [-0.3, -0.25) is 0 Å². The first-order valence-electron chi connectivity index (χ1n) is 5.57. The molecule has 0 saturated carbocycles. The van der Waals surface area contributed by atoms with E-state index in [-0.39, 0.29) is 0 Å². The monoisotopic (exact) mass is 247 g/mol. The minimum atomic E-state index is 0.587. The molecular formula is C13H17N3S. The van der Waals surface area contributed by atoms with Crippen molar-refractivity contribution in [2.45, 2.75) is 13.1 Å². The molecule has 0 saturated heterocycles. The van der Waals surface area contributed by atoms with Gasteiger partial charge in [0.2, 0.25) is 0 Å². The quantitative estimate of drug-likeness (QED) is 0.901. The van der Waals surface area contributed by atoms with Gasteiger partial charge in [0.25, 0.3) is 0 Å². The van der Waals surface area contributed by atoms with Crippen LogP contribution in [0, 0.1) is 0 Å². The van der Waals surface area contributed by atoms with Crippen molar-refractivity contribution in [1.29, 1.82) is 0 Å². The third-order valence-electron chi connectivity index (χ3n) is 2.49. The predicted molar refractivity (Wildman–Crippen MR) is 72.8 cm³/mol. The van der Waals surface area contributed by atoms with E-state index in [4.69, 9.17) is 5.73 Å². The van der Waals surface area contributed by atoms with Crippen LogP contribution < -0.4 is 5.73 Å². The summed E-state index contributed by atoms with van der Waals surface area (Å²) in [6.07, 6.45) is 0. The molecule has 0 atom stereocenters. The Hall–Kier alpha value is -1.23. The third kappa shape index (κ3) is 3.12. The fourth-order valence-corrected chi connectivity index (χ4v) is 2.52. The first-order valence-corrected chi connectivity index (χ1v) is 6.45. The lowest BCUT2D eigenvalue weighted by Crippen LogP contribution is -2.10. The van der Waals surface area contributed by atoms with E-state index in [1.807, 2.05) is 0 Å². The summed E-state index contributed by atoms with van der Waals surface area (Å²) in [6.45, 7) is 1.48. The van der Waals surface area contributed by atoms with E-state index in [1.54, 1.807) is 11.3 Å². The second kappa shape index (κ2) is 5.40. The van der Waals surface area contributed by atoms with Gasteiger partial charge in [-0.1, -0.05) is 24.3 Å². The molecule has 0 radical (unpaired) electrons. The molecule has 4 heteroatoms. The van der Waals surface area contributed by atoms with Crippen LogP contribution in [0.1, 0.15) is 10.6 Å². The maximum absolute atomic E-state index is 5.58. The lowest BCUT2D eigenvalue weighted by atomic mass is 10.1. The minimum Gasteiger partial charge on any atom is -0.326 e. The summed E-state index contributed by atoms with van der Waals surface area (Å²) >= 11 is 1.71. The van der Waals surface area contributed by atoms with Gasteiger partial charge >= 0.3 is 0 Å². The summed E-state index contributed by atoms with van der Waals surface area (Å²) in [4.78, 5) is 6.75. The van der Waals surface area contributed by atoms with Crippen LogP contribution in [0.25, 0.3) is 11.3 Å². The van der Waals surface area contributed by atoms with E-state index in [2.05, 4.69) is 53.6 Å². The number of benzene rings is 1. The van der Waals surface area contributed by atoms with Gasteiger partial charge in [-0.15, -0.1) is 11.3 Å². The number of thiazole rings is 1. The molecule has 17 heavy (non-hydrogen) atoms. The highest BCUT2D eigenvalue weighted by molar-refractivity contribution is 7.09. The number of rotatable bonds is 4. The van der Waals surface area contributed by atoms with Crippen molar-refractivity contribution in [1.82, 2.24) is 9.88 Å². The molecule has 1 aromatic heterocycles. The maximum atomic E-state index is 5.58. The summed E-state index contributed by atoms with van der Waals surface area (Å²) in [7, 11) is 4.11. The van der Waals surface area contributed by atoms with Crippen LogP contribution in [0.2, 0.25) is 0 Å². The first kappa shape index (κ1) is 12.2. The van der Waals surface area contributed by atoms with Crippen molar-refractivity contribution in [2.24, 2.45) is 5.73 Å². The molecule has 0 aliphatic carbocycles. The maximum Gasteiger partial charge on any atom is 0.107 e. The second-order valence-corrected chi connectivity index (χ2v) is 5.21. The van der Waals surface area contributed by atoms with Gasteiger partial charge in [-0.05, 0) is 19.7 Å². The topological polar surface area (TPSA) is 42.2 Å². The van der Waals surface area contributed by atoms with Gasteiger partial charge in [0.15, 0.2) is 0 Å². The first-order chi connectivity index (χ1) is 8.19. The van der Waals surface area contributed by atoms with Crippen molar-refractivity contribution < 1.29 is 0 Å². The zero-order valence-electron chi connectivity index (χ0n) is 10.2. The van der Waals surface area contributed by atoms with Crippen LogP contribution in [0.3, 0.4) is 0 Å². The molecule has 0 spiro atoms. The van der Waals surface area contributed by atoms with Crippen molar-refractivity contribution >= 4 is 11.3 Å². The smallest absolute Gasteiger partial charge is 0.107 e. The Balaban J connectivity index is 2.18. The molecule has 90 valence electrons. The standard InChI is InChI=1S/C13H17N3S/c1-16(2)8-13-15-12(9-17-13)11-5-3-10(7-14)4-6-11/h3-6,9H,7-8,14H2,1-2H3. The highest BCUT2D eigenvalue weighted by Gasteiger charge is 2.05. The summed E-state index contributed by atoms with van der Waals surface area (Å²) < 4.78 is 0. The number of hydrogen-bond acceptors (Lipinski definition) is 4. The van der Waals surface area contributed by atoms with Crippen LogP contribution in [-0.2, 0) is 13.1 Å². The Morgan fingerprint density at radius 2 is 1.94 bits per heavy atom. The van der Waals surface area contributed by atoms with Crippen molar-refractivity contribution in [3.63, 3.8) is 0 Å². The summed E-state index contributed by atoms with van der Waals surface area (Å²) in [6, 6.07) is 8.27. The van der Waals surface area contributed by atoms with Crippen LogP contribution in [0.4, 0.5) is 0 Å². The number of hydrogen-bond donors (Lipinski definition) is 1. The molecule has 0 bridgehead atoms. The molecule has 2 aromatic rings. The Bertz CT molecular complexity index is 474. The molecule has 0 fully saturated rings. The van der Waals surface area contributed by atoms with E-state index < -0.39 is 0 Å². The average molecular weight is 247 g/mol. The predicted octanol–water partition coefficient (Wildman–Crippen LogP) is 2.33. The lowest BCUT2D eigenvalue weighted by molar-refractivity contribution is 0.402. The van der Waals surface area contributed by atoms with Gasteiger partial charge < -0.3 is 10.6 Å². The van der Waals surface area contributed by atoms with Crippen LogP contribution in [-0.4, -0.2) is 24.0 Å². The van der Waals surface area contributed by atoms with Gasteiger partial charge in [0.05, 0.1) is 5.69 Å². The summed E-state index contributed by atoms with van der Waals surface area (Å²) in [5, 5.41) is 3.25. The Morgan fingerprint density at radius 1 is 1.24 bits per heavy atom. The highest BCUT2D eigenvalue weighted by Crippen LogP contribution is 2.22. The van der Waals surface area contributed by atoms with Gasteiger partial charge in [-0.2, -0.15) is 0 Å². The Morgan fingerprint density at radius 3 is 2.53 bits per heavy atom. The van der Waals surface area contributed by atoms with Crippen molar-refractivity contribution in [2.75, 3.05) is 14.1 Å². The zero-order chi connectivity index (χ0) is 12.3. The molecule has 3 nitrogen and oxygen atoms in total. The third-order valence-corrected chi connectivity index (χ3v) is 3.32. The molecule has 0 aliphatic rings. The van der Waals surface area contributed by atoms with Crippen molar-refractivity contribution in [3.05, 3.63) is 40.2 Å². The van der Waals surface area contributed by atoms with Gasteiger partial charge in [-0.25, -0.2) is 4.98 Å². The number of nitrogens with zero attached hydrogens (tertiary/aromatic N) is 2. The molecule has 1 aromatic carbocycles. The van der Waals surface area contributed by atoms with E-state index in [0.717, 1.165) is 28.4 Å². The fraction of sp³-hybridized carbons (Fsp3) is 0.308. The summed E-state index contributed by atoms with van der Waals surface area (Å²) in [5.41, 5.74) is 8.94. The van der Waals surface area contributed by atoms with Crippen molar-refractivity contribution in [3.8, 4) is 11.3 Å². The minimum absolute atomic E-state index is 0.587. The van der Waals surface area contributed by atoms with E-state index in [1.165, 1.54) is 0 Å². The van der Waals surface area contributed by atoms with Crippen LogP contribution in [0.15, 0.2) is 29.6 Å². The van der Waals surface area contributed by atoms with E-state index in [0.29, 0.717) is 6.54 Å². The number of nitrogens with two attached hydrogens (primary N) is 1. The molecule has 1 heterocycles. The highest BCUT2D eigenvalue weighted by atomic mass is 32.1. The Labute approximate surface area is 106 Å². The molecule has 0 aliphatic heterocycles. The molecule has 0 amide bonds. The second-order valence-electron chi connectivity index (χ2n) is 4.27. The van der Waals surface area contributed by atoms with Crippen LogP contribution >= 0.6 is 11.3 Å². The Kier molecular flexibility index (Phi) is 3.89. The molecule has 2 N–H and O–H groups in total. The molecular weight excluding hydrogens is 230 g/mol. The van der Waals surface area contributed by atoms with E-state index >= 15 is 0 Å². The zero-order valence-corrected chi connectivity index (χ0v) is 11.0. The lowest BCUT2D eigenvalue weighted by Gasteiger charge is -2.05. The van der Waals surface area contributed by atoms with Crippen LogP contribution in [0.5, 0.6) is 0 Å². The normalized spacial score (nSPS) is 11.1. The fourth-order valence-electron chi connectivity index (χ4n) is 1.60. The summed E-state index contributed by atoms with van der Waals surface area (Å²) in [5.74, 6) is 0. The molecule has 2 rings (SSSR count). The SMILES string of the molecule is CN(C)Cc1nc(-c2ccc(CN)cc2)cs1. The van der Waals surface area contributed by atoms with Gasteiger partial charge in [0.1, 0.15) is 5.01 Å². The van der Waals surface area contributed by atoms with Gasteiger partial charge in [0, 0.05) is 24.0 Å². The average Bonchev–Trinajstić information content (AvgIpc) is 2.77. The van der Waals surface area contributed by atoms with E-state index in [9.17, 15) is 0 Å². The largest absolute Gasteiger partial charge is 0.326 e.